The molecular weight excluding hydrogens is 288 g/mol. The molecule has 0 fully saturated rings. The van der Waals surface area contributed by atoms with E-state index in [1.807, 2.05) is 0 Å². The molecule has 0 heterocycles. The number of hydrogen-bond donors (Lipinski definition) is 1. The second-order valence-electron chi connectivity index (χ2n) is 5.16. The lowest BCUT2D eigenvalue weighted by atomic mass is 9.77. The van der Waals surface area contributed by atoms with Crippen LogP contribution in [-0.4, -0.2) is 44.1 Å². The lowest BCUT2D eigenvalue weighted by Crippen LogP contribution is -2.41. The molecule has 0 spiro atoms. The van der Waals surface area contributed by atoms with Gasteiger partial charge in [-0.3, -0.25) is 9.59 Å². The molecule has 2 unspecified atom stereocenters. The summed E-state index contributed by atoms with van der Waals surface area (Å²) in [5.41, 5.74) is 0.775. The van der Waals surface area contributed by atoms with Gasteiger partial charge in [0.05, 0.1) is 38.4 Å². The fourth-order valence-electron chi connectivity index (χ4n) is 3.04. The number of hydrogen-bond acceptors (Lipinski definition) is 6. The smallest absolute Gasteiger partial charge is 0.196 e. The molecule has 0 saturated carbocycles. The van der Waals surface area contributed by atoms with E-state index in [9.17, 15) is 14.7 Å². The van der Waals surface area contributed by atoms with Crippen molar-refractivity contribution in [1.82, 2.24) is 0 Å². The number of rotatable bonds is 4. The van der Waals surface area contributed by atoms with E-state index in [1.54, 1.807) is 13.8 Å². The predicted molar refractivity (Wildman–Crippen MR) is 79.3 cm³/mol. The zero-order valence-electron chi connectivity index (χ0n) is 13.4. The highest BCUT2D eigenvalue weighted by Crippen LogP contribution is 2.47. The summed E-state index contributed by atoms with van der Waals surface area (Å²) in [6.07, 6.45) is -1.02. The van der Waals surface area contributed by atoms with Crippen molar-refractivity contribution in [3.8, 4) is 17.2 Å². The number of Topliss-reactive ketones (excluding diaryl/α,β-unsaturated/α-hetero) is 2. The van der Waals surface area contributed by atoms with E-state index < -0.39 is 17.8 Å². The van der Waals surface area contributed by atoms with Gasteiger partial charge in [0.2, 0.25) is 0 Å². The molecule has 120 valence electrons. The van der Waals surface area contributed by atoms with Crippen molar-refractivity contribution in [2.45, 2.75) is 26.4 Å². The zero-order chi connectivity index (χ0) is 16.6. The summed E-state index contributed by atoms with van der Waals surface area (Å²) in [6, 6.07) is 0. The van der Waals surface area contributed by atoms with Gasteiger partial charge in [-0.25, -0.2) is 0 Å². The van der Waals surface area contributed by atoms with Gasteiger partial charge < -0.3 is 19.3 Å². The normalized spacial score (nSPS) is 20.6. The van der Waals surface area contributed by atoms with Crippen molar-refractivity contribution in [2.75, 3.05) is 21.3 Å². The van der Waals surface area contributed by atoms with Gasteiger partial charge in [-0.2, -0.15) is 0 Å². The highest BCUT2D eigenvalue weighted by atomic mass is 16.5. The van der Waals surface area contributed by atoms with E-state index in [4.69, 9.17) is 14.2 Å². The summed E-state index contributed by atoms with van der Waals surface area (Å²) < 4.78 is 15.9. The first-order valence-corrected chi connectivity index (χ1v) is 7.03. The molecule has 0 saturated heterocycles. The fourth-order valence-corrected chi connectivity index (χ4v) is 3.04. The maximum atomic E-state index is 12.7. The van der Waals surface area contributed by atoms with E-state index in [0.717, 1.165) is 0 Å². The van der Waals surface area contributed by atoms with Crippen LogP contribution >= 0.6 is 0 Å². The third-order valence-corrected chi connectivity index (χ3v) is 4.12. The Kier molecular flexibility index (Phi) is 4.42. The second kappa shape index (κ2) is 5.96. The van der Waals surface area contributed by atoms with Gasteiger partial charge in [0, 0.05) is 5.56 Å². The molecule has 6 nitrogen and oxygen atoms in total. The third-order valence-electron chi connectivity index (χ3n) is 4.12. The molecule has 1 aromatic carbocycles. The molecule has 0 amide bonds. The van der Waals surface area contributed by atoms with Crippen LogP contribution in [0.15, 0.2) is 0 Å². The Hall–Kier alpha value is -2.08. The molecule has 2 rings (SSSR count). The predicted octanol–water partition coefficient (Wildman–Crippen LogP) is 1.79. The van der Waals surface area contributed by atoms with Gasteiger partial charge in [-0.1, -0.05) is 6.92 Å². The van der Waals surface area contributed by atoms with Crippen molar-refractivity contribution >= 4 is 11.6 Å². The molecule has 1 aliphatic rings. The molecule has 22 heavy (non-hydrogen) atoms. The largest absolute Gasteiger partial charge is 0.496 e. The number of methoxy groups -OCH3 is 3. The van der Waals surface area contributed by atoms with Crippen LogP contribution in [0.5, 0.6) is 17.2 Å². The quantitative estimate of drug-likeness (QED) is 0.913. The van der Waals surface area contributed by atoms with Gasteiger partial charge in [0.15, 0.2) is 23.1 Å². The Bertz CT molecular complexity index is 634. The number of ether oxygens (including phenoxy) is 3. The van der Waals surface area contributed by atoms with Gasteiger partial charge in [-0.15, -0.1) is 0 Å². The van der Waals surface area contributed by atoms with E-state index in [0.29, 0.717) is 17.7 Å². The van der Waals surface area contributed by atoms with E-state index >= 15 is 0 Å². The lowest BCUT2D eigenvalue weighted by Gasteiger charge is -2.30. The summed E-state index contributed by atoms with van der Waals surface area (Å²) in [6.45, 7) is 3.48. The van der Waals surface area contributed by atoms with Crippen molar-refractivity contribution < 1.29 is 28.9 Å². The van der Waals surface area contributed by atoms with Crippen molar-refractivity contribution in [2.24, 2.45) is 5.92 Å². The standard InChI is InChI=1S/C16H20O6/c1-6-8-11(17)9-10(13(19)12(8)18)16(22-5)15(21-4)7(2)14(9)20-3/h8,12,18H,6H2,1-5H3. The summed E-state index contributed by atoms with van der Waals surface area (Å²) in [7, 11) is 4.26. The van der Waals surface area contributed by atoms with Crippen LogP contribution in [0.4, 0.5) is 0 Å². The molecule has 0 aromatic heterocycles. The topological polar surface area (TPSA) is 82.1 Å². The monoisotopic (exact) mass is 308 g/mol. The molecule has 6 heteroatoms. The fraction of sp³-hybridized carbons (Fsp3) is 0.500. The molecule has 0 aliphatic heterocycles. The first-order chi connectivity index (χ1) is 10.4. The minimum atomic E-state index is -1.38. The number of benzene rings is 1. The summed E-state index contributed by atoms with van der Waals surface area (Å²) in [4.78, 5) is 25.3. The maximum Gasteiger partial charge on any atom is 0.196 e. The maximum absolute atomic E-state index is 12.7. The van der Waals surface area contributed by atoms with Gasteiger partial charge in [0.25, 0.3) is 0 Å². The highest BCUT2D eigenvalue weighted by molar-refractivity contribution is 6.20. The van der Waals surface area contributed by atoms with Crippen LogP contribution in [-0.2, 0) is 0 Å². The molecule has 2 atom stereocenters. The lowest BCUT2D eigenvalue weighted by molar-refractivity contribution is 0.0489. The number of carbonyl (C=O) groups excluding carboxylic acids is 2. The van der Waals surface area contributed by atoms with Crippen molar-refractivity contribution in [3.05, 3.63) is 16.7 Å². The van der Waals surface area contributed by atoms with Crippen LogP contribution in [0.25, 0.3) is 0 Å². The number of aliphatic hydroxyl groups is 1. The second-order valence-corrected chi connectivity index (χ2v) is 5.16. The van der Waals surface area contributed by atoms with Crippen LogP contribution in [0.2, 0.25) is 0 Å². The SMILES string of the molecule is CCC1C(=O)c2c(OC)c(C)c(OC)c(OC)c2C(=O)C1O. The Morgan fingerprint density at radius 3 is 1.86 bits per heavy atom. The molecule has 1 N–H and O–H groups in total. The molecule has 0 bridgehead atoms. The van der Waals surface area contributed by atoms with Gasteiger partial charge in [-0.05, 0) is 13.3 Å². The van der Waals surface area contributed by atoms with E-state index in [1.165, 1.54) is 21.3 Å². The number of fused-ring (bicyclic) bond motifs is 1. The Morgan fingerprint density at radius 1 is 0.909 bits per heavy atom. The summed E-state index contributed by atoms with van der Waals surface area (Å²) in [5.74, 6) is -0.868. The zero-order valence-corrected chi connectivity index (χ0v) is 13.4. The van der Waals surface area contributed by atoms with Crippen molar-refractivity contribution in [1.29, 1.82) is 0 Å². The number of ketones is 2. The van der Waals surface area contributed by atoms with Crippen molar-refractivity contribution in [3.63, 3.8) is 0 Å². The van der Waals surface area contributed by atoms with Crippen LogP contribution < -0.4 is 14.2 Å². The molecule has 1 aliphatic carbocycles. The first-order valence-electron chi connectivity index (χ1n) is 7.03. The number of aliphatic hydroxyl groups excluding tert-OH is 1. The Balaban J connectivity index is 2.91. The highest BCUT2D eigenvalue weighted by Gasteiger charge is 2.45. The Labute approximate surface area is 129 Å². The molecule has 0 radical (unpaired) electrons. The average molecular weight is 308 g/mol. The average Bonchev–Trinajstić information content (AvgIpc) is 2.51. The van der Waals surface area contributed by atoms with Crippen LogP contribution in [0.3, 0.4) is 0 Å². The minimum Gasteiger partial charge on any atom is -0.496 e. The molecular formula is C16H20O6. The Morgan fingerprint density at radius 2 is 1.41 bits per heavy atom. The van der Waals surface area contributed by atoms with Gasteiger partial charge in [0.1, 0.15) is 11.9 Å². The summed E-state index contributed by atoms with van der Waals surface area (Å²) in [5, 5.41) is 10.2. The summed E-state index contributed by atoms with van der Waals surface area (Å²) >= 11 is 0. The van der Waals surface area contributed by atoms with Gasteiger partial charge >= 0.3 is 0 Å². The van der Waals surface area contributed by atoms with E-state index in [-0.39, 0.29) is 28.4 Å². The minimum absolute atomic E-state index is 0.0315. The van der Waals surface area contributed by atoms with Crippen LogP contribution in [0.1, 0.15) is 39.6 Å². The first kappa shape index (κ1) is 16.3. The molecule has 1 aromatic rings. The van der Waals surface area contributed by atoms with E-state index in [2.05, 4.69) is 0 Å². The van der Waals surface area contributed by atoms with Crippen LogP contribution in [0, 0.1) is 12.8 Å². The third kappa shape index (κ3) is 2.06. The number of carbonyl (C=O) groups is 2.